The van der Waals surface area contributed by atoms with Gasteiger partial charge in [-0.05, 0) is 63.2 Å². The number of benzene rings is 1. The third-order valence-corrected chi connectivity index (χ3v) is 7.02. The van der Waals surface area contributed by atoms with Gasteiger partial charge in [-0.15, -0.1) is 0 Å². The van der Waals surface area contributed by atoms with Gasteiger partial charge >= 0.3 is 0 Å². The van der Waals surface area contributed by atoms with Gasteiger partial charge in [0.05, 0.1) is 4.90 Å². The second kappa shape index (κ2) is 5.38. The van der Waals surface area contributed by atoms with E-state index in [0.717, 1.165) is 43.5 Å². The van der Waals surface area contributed by atoms with Crippen molar-refractivity contribution in [1.29, 1.82) is 0 Å². The summed E-state index contributed by atoms with van der Waals surface area (Å²) in [5, 5.41) is 3.37. The second-order valence-corrected chi connectivity index (χ2v) is 8.51. The van der Waals surface area contributed by atoms with E-state index in [1.165, 1.54) is 0 Å². The van der Waals surface area contributed by atoms with Crippen LogP contribution in [-0.2, 0) is 10.0 Å². The Morgan fingerprint density at radius 1 is 1.14 bits per heavy atom. The van der Waals surface area contributed by atoms with Gasteiger partial charge < -0.3 is 5.32 Å². The first kappa shape index (κ1) is 15.0. The molecule has 0 aromatic heterocycles. The van der Waals surface area contributed by atoms with E-state index >= 15 is 0 Å². The summed E-state index contributed by atoms with van der Waals surface area (Å²) >= 11 is 0. The van der Waals surface area contributed by atoms with E-state index in [1.807, 2.05) is 26.0 Å². The van der Waals surface area contributed by atoms with Crippen LogP contribution in [0.4, 0.5) is 0 Å². The van der Waals surface area contributed by atoms with Gasteiger partial charge in [0.15, 0.2) is 0 Å². The van der Waals surface area contributed by atoms with E-state index < -0.39 is 10.0 Å². The van der Waals surface area contributed by atoms with E-state index in [2.05, 4.69) is 5.32 Å². The third-order valence-electron chi connectivity index (χ3n) is 5.02. The third kappa shape index (κ3) is 2.74. The van der Waals surface area contributed by atoms with Crippen molar-refractivity contribution in [3.05, 3.63) is 29.3 Å². The molecular formula is C16H24N2O2S. The van der Waals surface area contributed by atoms with Crippen LogP contribution in [-0.4, -0.2) is 38.9 Å². The monoisotopic (exact) mass is 308 g/mol. The molecule has 1 aromatic carbocycles. The molecule has 2 aliphatic heterocycles. The van der Waals surface area contributed by atoms with Crippen molar-refractivity contribution in [2.75, 3.05) is 26.2 Å². The molecule has 2 saturated heterocycles. The van der Waals surface area contributed by atoms with Crippen LogP contribution in [0.1, 0.15) is 30.4 Å². The number of hydrogen-bond acceptors (Lipinski definition) is 3. The highest BCUT2D eigenvalue weighted by Gasteiger charge is 2.43. The summed E-state index contributed by atoms with van der Waals surface area (Å²) in [4.78, 5) is 0.471. The lowest BCUT2D eigenvalue weighted by molar-refractivity contribution is 0.218. The number of hydrogen-bond donors (Lipinski definition) is 1. The fraction of sp³-hybridized carbons (Fsp3) is 0.625. The van der Waals surface area contributed by atoms with Crippen LogP contribution in [0.2, 0.25) is 0 Å². The lowest BCUT2D eigenvalue weighted by Crippen LogP contribution is -2.39. The molecule has 3 rings (SSSR count). The quantitative estimate of drug-likeness (QED) is 0.910. The maximum Gasteiger partial charge on any atom is 0.243 e. The van der Waals surface area contributed by atoms with Gasteiger partial charge in [-0.3, -0.25) is 0 Å². The normalized spacial score (nSPS) is 22.8. The summed E-state index contributed by atoms with van der Waals surface area (Å²) in [5.41, 5.74) is 2.15. The van der Waals surface area contributed by atoms with Crippen molar-refractivity contribution >= 4 is 10.0 Å². The van der Waals surface area contributed by atoms with Gasteiger partial charge in [0.1, 0.15) is 0 Å². The van der Waals surface area contributed by atoms with Gasteiger partial charge in [-0.1, -0.05) is 17.7 Å². The molecule has 5 heteroatoms. The molecule has 116 valence electrons. The molecule has 1 aromatic rings. The highest BCUT2D eigenvalue weighted by Crippen LogP contribution is 2.40. The lowest BCUT2D eigenvalue weighted by Gasteiger charge is -2.33. The van der Waals surface area contributed by atoms with Crippen molar-refractivity contribution in [2.45, 2.75) is 38.0 Å². The van der Waals surface area contributed by atoms with Crippen molar-refractivity contribution in [2.24, 2.45) is 5.41 Å². The smallest absolute Gasteiger partial charge is 0.243 e. The average Bonchev–Trinajstić information content (AvgIpc) is 2.83. The molecule has 2 aliphatic rings. The molecule has 0 aliphatic carbocycles. The minimum absolute atomic E-state index is 0.205. The maximum atomic E-state index is 12.9. The Kier molecular flexibility index (Phi) is 3.84. The average molecular weight is 308 g/mol. The summed E-state index contributed by atoms with van der Waals surface area (Å²) in [5.74, 6) is 0. The van der Waals surface area contributed by atoms with Gasteiger partial charge in [0, 0.05) is 13.1 Å². The van der Waals surface area contributed by atoms with Gasteiger partial charge in [-0.25, -0.2) is 8.42 Å². The van der Waals surface area contributed by atoms with Gasteiger partial charge in [-0.2, -0.15) is 4.31 Å². The summed E-state index contributed by atoms with van der Waals surface area (Å²) in [6.07, 6.45) is 3.18. The van der Waals surface area contributed by atoms with E-state index in [0.29, 0.717) is 18.0 Å². The number of nitrogens with zero attached hydrogens (tertiary/aromatic N) is 1. The number of nitrogens with one attached hydrogen (secondary N) is 1. The topological polar surface area (TPSA) is 49.4 Å². The molecule has 1 spiro atoms. The van der Waals surface area contributed by atoms with Crippen molar-refractivity contribution in [3.63, 3.8) is 0 Å². The van der Waals surface area contributed by atoms with Crippen molar-refractivity contribution in [1.82, 2.24) is 9.62 Å². The van der Waals surface area contributed by atoms with E-state index in [4.69, 9.17) is 0 Å². The molecule has 1 N–H and O–H groups in total. The number of aryl methyl sites for hydroxylation is 2. The molecule has 0 atom stereocenters. The number of sulfonamides is 1. The minimum atomic E-state index is -3.35. The molecule has 21 heavy (non-hydrogen) atoms. The van der Waals surface area contributed by atoms with Gasteiger partial charge in [0.25, 0.3) is 0 Å². The first-order chi connectivity index (χ1) is 9.93. The zero-order valence-corrected chi connectivity index (χ0v) is 13.7. The molecular weight excluding hydrogens is 284 g/mol. The zero-order chi connectivity index (χ0) is 15.1. The first-order valence-electron chi connectivity index (χ1n) is 7.71. The van der Waals surface area contributed by atoms with Crippen LogP contribution < -0.4 is 5.32 Å². The van der Waals surface area contributed by atoms with E-state index in [9.17, 15) is 8.42 Å². The minimum Gasteiger partial charge on any atom is -0.317 e. The van der Waals surface area contributed by atoms with Crippen LogP contribution in [0.3, 0.4) is 0 Å². The second-order valence-electron chi connectivity index (χ2n) is 6.61. The Morgan fingerprint density at radius 2 is 1.86 bits per heavy atom. The van der Waals surface area contributed by atoms with Crippen LogP contribution in [0.5, 0.6) is 0 Å². The Bertz CT molecular complexity index is 634. The SMILES string of the molecule is Cc1ccc(S(=O)(=O)N2CCC3(CCNCC3)C2)c(C)c1. The van der Waals surface area contributed by atoms with Crippen LogP contribution >= 0.6 is 0 Å². The number of rotatable bonds is 2. The Balaban J connectivity index is 1.86. The van der Waals surface area contributed by atoms with Crippen LogP contribution in [0.15, 0.2) is 23.1 Å². The number of piperidine rings is 1. The Labute approximate surface area is 127 Å². The summed E-state index contributed by atoms with van der Waals surface area (Å²) in [7, 11) is -3.35. The van der Waals surface area contributed by atoms with Crippen molar-refractivity contribution < 1.29 is 8.42 Å². The summed E-state index contributed by atoms with van der Waals surface area (Å²) < 4.78 is 27.5. The van der Waals surface area contributed by atoms with Gasteiger partial charge in [0.2, 0.25) is 10.0 Å². The fourth-order valence-corrected chi connectivity index (χ4v) is 5.45. The first-order valence-corrected chi connectivity index (χ1v) is 9.15. The largest absolute Gasteiger partial charge is 0.317 e. The molecule has 2 fully saturated rings. The Hall–Kier alpha value is -0.910. The molecule has 0 saturated carbocycles. The molecule has 0 amide bonds. The molecule has 2 heterocycles. The predicted octanol–water partition coefficient (Wildman–Crippen LogP) is 2.07. The van der Waals surface area contributed by atoms with E-state index in [-0.39, 0.29) is 5.41 Å². The Morgan fingerprint density at radius 3 is 2.52 bits per heavy atom. The van der Waals surface area contributed by atoms with Crippen LogP contribution in [0.25, 0.3) is 0 Å². The van der Waals surface area contributed by atoms with E-state index in [1.54, 1.807) is 10.4 Å². The highest BCUT2D eigenvalue weighted by molar-refractivity contribution is 7.89. The predicted molar refractivity (Wildman–Crippen MR) is 83.8 cm³/mol. The molecule has 4 nitrogen and oxygen atoms in total. The molecule has 0 unspecified atom stereocenters. The maximum absolute atomic E-state index is 12.9. The molecule has 0 bridgehead atoms. The standard InChI is InChI=1S/C16H24N2O2S/c1-13-3-4-15(14(2)11-13)21(19,20)18-10-7-16(12-18)5-8-17-9-6-16/h3-4,11,17H,5-10,12H2,1-2H3. The highest BCUT2D eigenvalue weighted by atomic mass is 32.2. The summed E-state index contributed by atoms with van der Waals surface area (Å²) in [6.45, 7) is 7.24. The summed E-state index contributed by atoms with van der Waals surface area (Å²) in [6, 6.07) is 5.59. The molecule has 0 radical (unpaired) electrons. The lowest BCUT2D eigenvalue weighted by atomic mass is 9.78. The fourth-order valence-electron chi connectivity index (χ4n) is 3.69. The zero-order valence-electron chi connectivity index (χ0n) is 12.9. The van der Waals surface area contributed by atoms with Crippen molar-refractivity contribution in [3.8, 4) is 0 Å². The van der Waals surface area contributed by atoms with Crippen LogP contribution in [0, 0.1) is 19.3 Å².